The molecular formula is C22H30N2O5. The number of carbonyl (C=O) groups excluding carboxylic acids is 3. The van der Waals surface area contributed by atoms with E-state index in [1.807, 2.05) is 13.8 Å². The summed E-state index contributed by atoms with van der Waals surface area (Å²) >= 11 is 0. The van der Waals surface area contributed by atoms with Gasteiger partial charge in [-0.2, -0.15) is 0 Å². The van der Waals surface area contributed by atoms with Gasteiger partial charge in [0.15, 0.2) is 0 Å². The van der Waals surface area contributed by atoms with Gasteiger partial charge in [-0.1, -0.05) is 24.3 Å². The summed E-state index contributed by atoms with van der Waals surface area (Å²) in [7, 11) is 3.05. The van der Waals surface area contributed by atoms with Crippen LogP contribution in [0.4, 0.5) is 0 Å². The van der Waals surface area contributed by atoms with Crippen molar-refractivity contribution >= 4 is 17.7 Å². The summed E-state index contributed by atoms with van der Waals surface area (Å²) in [6, 6.07) is 7.03. The number of hydrogen-bond acceptors (Lipinski definition) is 5. The van der Waals surface area contributed by atoms with Gasteiger partial charge in [0, 0.05) is 33.0 Å². The van der Waals surface area contributed by atoms with Gasteiger partial charge in [0.25, 0.3) is 0 Å². The molecule has 7 heteroatoms. The summed E-state index contributed by atoms with van der Waals surface area (Å²) < 4.78 is 10.3. The van der Waals surface area contributed by atoms with Gasteiger partial charge in [0.05, 0.1) is 25.7 Å². The third kappa shape index (κ3) is 4.85. The molecule has 0 spiro atoms. The van der Waals surface area contributed by atoms with Crippen LogP contribution in [-0.4, -0.2) is 68.0 Å². The molecule has 0 bridgehead atoms. The molecular weight excluding hydrogens is 372 g/mol. The molecule has 3 amide bonds. The lowest BCUT2D eigenvalue weighted by Crippen LogP contribution is -2.44. The first kappa shape index (κ1) is 22.6. The summed E-state index contributed by atoms with van der Waals surface area (Å²) in [6.07, 6.45) is -0.144. The van der Waals surface area contributed by atoms with Gasteiger partial charge in [0.1, 0.15) is 5.75 Å². The first-order chi connectivity index (χ1) is 13.8. The van der Waals surface area contributed by atoms with Gasteiger partial charge < -0.3 is 14.4 Å². The molecule has 2 rings (SSSR count). The number of likely N-dealkylation sites (N-methyl/N-ethyl adjacent to an activating group) is 1. The fourth-order valence-corrected chi connectivity index (χ4v) is 3.67. The number of carbonyl (C=O) groups is 3. The Balaban J connectivity index is 2.46. The van der Waals surface area contributed by atoms with Gasteiger partial charge >= 0.3 is 0 Å². The second kappa shape index (κ2) is 9.69. The fourth-order valence-electron chi connectivity index (χ4n) is 3.67. The van der Waals surface area contributed by atoms with Crippen LogP contribution in [0, 0.1) is 0 Å². The topological polar surface area (TPSA) is 76.2 Å². The number of amides is 3. The highest BCUT2D eigenvalue weighted by Crippen LogP contribution is 2.41. The van der Waals surface area contributed by atoms with Crippen LogP contribution >= 0.6 is 0 Å². The maximum absolute atomic E-state index is 13.4. The zero-order valence-corrected chi connectivity index (χ0v) is 17.7. The molecule has 1 fully saturated rings. The average molecular weight is 402 g/mol. The normalized spacial score (nSPS) is 18.8. The summed E-state index contributed by atoms with van der Waals surface area (Å²) in [5.41, 5.74) is 0.208. The first-order valence-corrected chi connectivity index (χ1v) is 9.69. The van der Waals surface area contributed by atoms with E-state index in [4.69, 9.17) is 9.47 Å². The predicted octanol–water partition coefficient (Wildman–Crippen LogP) is 2.15. The van der Waals surface area contributed by atoms with Gasteiger partial charge in [-0.05, 0) is 31.5 Å². The van der Waals surface area contributed by atoms with Crippen LogP contribution in [0.5, 0.6) is 5.75 Å². The minimum absolute atomic E-state index is 0.0565. The van der Waals surface area contributed by atoms with Crippen LogP contribution in [0.2, 0.25) is 0 Å². The van der Waals surface area contributed by atoms with Crippen molar-refractivity contribution in [2.24, 2.45) is 0 Å². The smallest absolute Gasteiger partial charge is 0.240 e. The summed E-state index contributed by atoms with van der Waals surface area (Å²) in [5, 5.41) is 0. The lowest BCUT2D eigenvalue weighted by molar-refractivity contribution is -0.143. The molecule has 29 heavy (non-hydrogen) atoms. The van der Waals surface area contributed by atoms with E-state index in [9.17, 15) is 14.4 Å². The summed E-state index contributed by atoms with van der Waals surface area (Å²) in [6.45, 7) is 8.93. The maximum Gasteiger partial charge on any atom is 0.240 e. The minimum Gasteiger partial charge on any atom is -0.497 e. The number of likely N-dealkylation sites (tertiary alicyclic amines) is 1. The fraction of sp³-hybridized carbons (Fsp3) is 0.500. The second-order valence-electron chi connectivity index (χ2n) is 7.38. The Kier molecular flexibility index (Phi) is 7.56. The van der Waals surface area contributed by atoms with E-state index >= 15 is 0 Å². The third-order valence-corrected chi connectivity index (χ3v) is 5.20. The molecule has 1 aromatic carbocycles. The summed E-state index contributed by atoms with van der Waals surface area (Å²) in [5.74, 6) is -0.287. The van der Waals surface area contributed by atoms with Crippen molar-refractivity contribution in [1.29, 1.82) is 0 Å². The lowest BCUT2D eigenvalue weighted by Gasteiger charge is -2.30. The molecule has 0 radical (unpaired) electrons. The van der Waals surface area contributed by atoms with Crippen molar-refractivity contribution in [3.8, 4) is 5.75 Å². The van der Waals surface area contributed by atoms with E-state index in [1.54, 1.807) is 29.2 Å². The van der Waals surface area contributed by atoms with Gasteiger partial charge in [-0.3, -0.25) is 19.3 Å². The van der Waals surface area contributed by atoms with E-state index in [1.165, 1.54) is 19.1 Å². The van der Waals surface area contributed by atoms with Crippen molar-refractivity contribution < 1.29 is 23.9 Å². The highest BCUT2D eigenvalue weighted by atomic mass is 16.5. The van der Waals surface area contributed by atoms with Crippen LogP contribution in [0.25, 0.3) is 0 Å². The van der Waals surface area contributed by atoms with E-state index in [0.717, 1.165) is 5.57 Å². The zero-order valence-electron chi connectivity index (χ0n) is 17.7. The number of rotatable bonds is 10. The molecule has 1 heterocycles. The van der Waals surface area contributed by atoms with E-state index in [0.29, 0.717) is 24.4 Å². The molecule has 0 saturated carbocycles. The van der Waals surface area contributed by atoms with Crippen molar-refractivity contribution in [2.75, 3.05) is 40.5 Å². The van der Waals surface area contributed by atoms with E-state index in [2.05, 4.69) is 6.58 Å². The highest BCUT2D eigenvalue weighted by Gasteiger charge is 2.54. The SMILES string of the molecule is C=C(C)CN(CC)C(=O)CC1(c2cccc(OC)c2)CC(=O)N(CCOC)C1=O. The molecule has 0 aliphatic carbocycles. The van der Waals surface area contributed by atoms with E-state index in [-0.39, 0.29) is 43.7 Å². The molecule has 7 nitrogen and oxygen atoms in total. The number of hydrogen-bond donors (Lipinski definition) is 0. The molecule has 0 N–H and O–H groups in total. The average Bonchev–Trinajstić information content (AvgIpc) is 2.94. The van der Waals surface area contributed by atoms with Crippen LogP contribution in [0.15, 0.2) is 36.4 Å². The zero-order chi connectivity index (χ0) is 21.6. The van der Waals surface area contributed by atoms with Gasteiger partial charge in [0.2, 0.25) is 17.7 Å². The van der Waals surface area contributed by atoms with Crippen molar-refractivity contribution in [3.63, 3.8) is 0 Å². The molecule has 0 aromatic heterocycles. The molecule has 158 valence electrons. The Morgan fingerprint density at radius 2 is 2.03 bits per heavy atom. The Morgan fingerprint density at radius 1 is 1.31 bits per heavy atom. The van der Waals surface area contributed by atoms with Crippen LogP contribution < -0.4 is 4.74 Å². The summed E-state index contributed by atoms with van der Waals surface area (Å²) in [4.78, 5) is 42.1. The second-order valence-corrected chi connectivity index (χ2v) is 7.38. The van der Waals surface area contributed by atoms with E-state index < -0.39 is 5.41 Å². The Hall–Kier alpha value is -2.67. The monoisotopic (exact) mass is 402 g/mol. The maximum atomic E-state index is 13.4. The molecule has 1 atom stereocenters. The lowest BCUT2D eigenvalue weighted by atomic mass is 9.75. The molecule has 1 aliphatic rings. The highest BCUT2D eigenvalue weighted by molar-refractivity contribution is 6.10. The van der Waals surface area contributed by atoms with Crippen LogP contribution in [0.1, 0.15) is 32.3 Å². The molecule has 1 unspecified atom stereocenters. The number of nitrogens with zero attached hydrogens (tertiary/aromatic N) is 2. The largest absolute Gasteiger partial charge is 0.497 e. The molecule has 1 aliphatic heterocycles. The van der Waals surface area contributed by atoms with Gasteiger partial charge in [-0.15, -0.1) is 0 Å². The Labute approximate surface area is 172 Å². The number of benzene rings is 1. The molecule has 1 saturated heterocycles. The van der Waals surface area contributed by atoms with Gasteiger partial charge in [-0.25, -0.2) is 0 Å². The third-order valence-electron chi connectivity index (χ3n) is 5.20. The predicted molar refractivity (Wildman–Crippen MR) is 110 cm³/mol. The number of ether oxygens (including phenoxy) is 2. The Bertz CT molecular complexity index is 791. The number of imide groups is 1. The van der Waals surface area contributed by atoms with Crippen molar-refractivity contribution in [2.45, 2.75) is 32.1 Å². The standard InChI is InChI=1S/C22H30N2O5/c1-6-23(15-16(2)3)19(25)13-22(17-8-7-9-18(12-17)29-5)14-20(26)24(21(22)27)10-11-28-4/h7-9,12H,2,6,10-11,13-15H2,1,3-5H3. The van der Waals surface area contributed by atoms with Crippen molar-refractivity contribution in [3.05, 3.63) is 42.0 Å². The van der Waals surface area contributed by atoms with Crippen LogP contribution in [0.3, 0.4) is 0 Å². The minimum atomic E-state index is -1.25. The Morgan fingerprint density at radius 3 is 2.62 bits per heavy atom. The van der Waals surface area contributed by atoms with Crippen molar-refractivity contribution in [1.82, 2.24) is 9.80 Å². The number of methoxy groups -OCH3 is 2. The molecule has 1 aromatic rings. The quantitative estimate of drug-likeness (QED) is 0.443. The van der Waals surface area contributed by atoms with Crippen LogP contribution in [-0.2, 0) is 24.5 Å². The first-order valence-electron chi connectivity index (χ1n) is 9.69.